The lowest BCUT2D eigenvalue weighted by Crippen LogP contribution is -2.39. The maximum Gasteiger partial charge on any atom is 0.191 e. The fraction of sp³-hybridized carbons (Fsp3) is 0.588. The lowest BCUT2D eigenvalue weighted by molar-refractivity contribution is 0.321. The van der Waals surface area contributed by atoms with E-state index in [1.807, 2.05) is 12.1 Å². The second-order valence-corrected chi connectivity index (χ2v) is 5.24. The summed E-state index contributed by atoms with van der Waals surface area (Å²) in [7, 11) is 2.10. The number of nitrogens with zero attached hydrogens (tertiary/aromatic N) is 2. The third-order valence-corrected chi connectivity index (χ3v) is 3.32. The van der Waals surface area contributed by atoms with Crippen LogP contribution in [0.4, 0.5) is 0 Å². The summed E-state index contributed by atoms with van der Waals surface area (Å²) in [5.41, 5.74) is 1.24. The molecule has 0 atom stereocenters. The molecule has 0 bridgehead atoms. The molecule has 0 aromatic heterocycles. The van der Waals surface area contributed by atoms with Gasteiger partial charge in [0.15, 0.2) is 5.96 Å². The van der Waals surface area contributed by atoms with Crippen molar-refractivity contribution < 1.29 is 4.74 Å². The quantitative estimate of drug-likeness (QED) is 0.272. The Balaban J connectivity index is 0.00000484. The highest BCUT2D eigenvalue weighted by Crippen LogP contribution is 2.10. The first-order valence-electron chi connectivity index (χ1n) is 8.05. The molecule has 1 aromatic rings. The molecule has 2 N–H and O–H groups in total. The number of hydrogen-bond acceptors (Lipinski definition) is 3. The number of nitrogens with one attached hydrogen (secondary N) is 2. The SMILES string of the molecule is CCNC(=NCCN(C)CC)NCCOc1ccc(C)cc1.I. The molecule has 0 saturated heterocycles. The van der Waals surface area contributed by atoms with Gasteiger partial charge in [0.2, 0.25) is 0 Å². The standard InChI is InChI=1S/C17H30N4O.HI/c1-5-18-17(19-11-13-21(4)6-2)20-12-14-22-16-9-7-15(3)8-10-16;/h7-10H,5-6,11-14H2,1-4H3,(H2,18,19,20);1H. The van der Waals surface area contributed by atoms with Crippen molar-refractivity contribution in [2.75, 3.05) is 46.4 Å². The summed E-state index contributed by atoms with van der Waals surface area (Å²) in [4.78, 5) is 6.80. The Morgan fingerprint density at radius 3 is 2.48 bits per heavy atom. The van der Waals surface area contributed by atoms with Crippen LogP contribution in [0.5, 0.6) is 5.75 Å². The van der Waals surface area contributed by atoms with Gasteiger partial charge in [-0.05, 0) is 39.6 Å². The van der Waals surface area contributed by atoms with Crippen molar-refractivity contribution in [3.8, 4) is 5.75 Å². The molecule has 5 nitrogen and oxygen atoms in total. The molecule has 132 valence electrons. The molecule has 0 aliphatic heterocycles. The molecule has 0 fully saturated rings. The average Bonchev–Trinajstić information content (AvgIpc) is 2.53. The molecule has 6 heteroatoms. The Morgan fingerprint density at radius 2 is 1.87 bits per heavy atom. The van der Waals surface area contributed by atoms with Crippen molar-refractivity contribution in [1.82, 2.24) is 15.5 Å². The number of hydrogen-bond donors (Lipinski definition) is 2. The third-order valence-electron chi connectivity index (χ3n) is 3.32. The summed E-state index contributed by atoms with van der Waals surface area (Å²) in [5, 5.41) is 6.53. The molecule has 0 aliphatic carbocycles. The van der Waals surface area contributed by atoms with Crippen molar-refractivity contribution >= 4 is 29.9 Å². The molecule has 0 unspecified atom stereocenters. The van der Waals surface area contributed by atoms with Gasteiger partial charge in [0.05, 0.1) is 13.1 Å². The maximum atomic E-state index is 5.70. The first-order chi connectivity index (χ1) is 10.7. The fourth-order valence-corrected chi connectivity index (χ4v) is 1.81. The second-order valence-electron chi connectivity index (χ2n) is 5.24. The van der Waals surface area contributed by atoms with Crippen molar-refractivity contribution in [1.29, 1.82) is 0 Å². The van der Waals surface area contributed by atoms with Crippen molar-refractivity contribution in [3.05, 3.63) is 29.8 Å². The molecule has 1 aromatic carbocycles. The summed E-state index contributed by atoms with van der Waals surface area (Å²) < 4.78 is 5.70. The highest BCUT2D eigenvalue weighted by molar-refractivity contribution is 14.0. The summed E-state index contributed by atoms with van der Waals surface area (Å²) in [6, 6.07) is 8.10. The number of likely N-dealkylation sites (N-methyl/N-ethyl adjacent to an activating group) is 1. The third kappa shape index (κ3) is 10.4. The first-order valence-corrected chi connectivity index (χ1v) is 8.05. The molecule has 0 spiro atoms. The monoisotopic (exact) mass is 434 g/mol. The minimum Gasteiger partial charge on any atom is -0.492 e. The molecule has 0 aliphatic rings. The Morgan fingerprint density at radius 1 is 1.17 bits per heavy atom. The molecule has 0 saturated carbocycles. The van der Waals surface area contributed by atoms with Gasteiger partial charge in [-0.3, -0.25) is 4.99 Å². The van der Waals surface area contributed by atoms with Crippen molar-refractivity contribution in [2.24, 2.45) is 4.99 Å². The second kappa shape index (κ2) is 13.4. The van der Waals surface area contributed by atoms with Crippen LogP contribution >= 0.6 is 24.0 Å². The van der Waals surface area contributed by atoms with Crippen LogP contribution in [0.15, 0.2) is 29.3 Å². The Hall–Kier alpha value is -1.02. The van der Waals surface area contributed by atoms with E-state index in [0.717, 1.165) is 44.4 Å². The minimum atomic E-state index is 0. The smallest absolute Gasteiger partial charge is 0.191 e. The van der Waals surface area contributed by atoms with Crippen LogP contribution in [-0.4, -0.2) is 57.2 Å². The van der Waals surface area contributed by atoms with Crippen molar-refractivity contribution in [3.63, 3.8) is 0 Å². The van der Waals surface area contributed by atoms with Gasteiger partial charge in [-0.2, -0.15) is 0 Å². The fourth-order valence-electron chi connectivity index (χ4n) is 1.81. The van der Waals surface area contributed by atoms with E-state index in [1.54, 1.807) is 0 Å². The molecule has 0 amide bonds. The predicted octanol–water partition coefficient (Wildman–Crippen LogP) is 2.50. The maximum absolute atomic E-state index is 5.70. The highest BCUT2D eigenvalue weighted by atomic mass is 127. The lowest BCUT2D eigenvalue weighted by atomic mass is 10.2. The Labute approximate surface area is 157 Å². The van der Waals surface area contributed by atoms with Gasteiger partial charge in [-0.25, -0.2) is 0 Å². The molecule has 23 heavy (non-hydrogen) atoms. The largest absolute Gasteiger partial charge is 0.492 e. The van der Waals surface area contributed by atoms with E-state index >= 15 is 0 Å². The lowest BCUT2D eigenvalue weighted by Gasteiger charge is -2.14. The number of guanidine groups is 1. The van der Waals surface area contributed by atoms with Gasteiger partial charge in [0.1, 0.15) is 12.4 Å². The topological polar surface area (TPSA) is 48.9 Å². The van der Waals surface area contributed by atoms with Crippen LogP contribution in [-0.2, 0) is 0 Å². The highest BCUT2D eigenvalue weighted by Gasteiger charge is 1.98. The van der Waals surface area contributed by atoms with Gasteiger partial charge in [0.25, 0.3) is 0 Å². The van der Waals surface area contributed by atoms with E-state index in [1.165, 1.54) is 5.56 Å². The van der Waals surface area contributed by atoms with Gasteiger partial charge in [-0.1, -0.05) is 24.6 Å². The van der Waals surface area contributed by atoms with Crippen LogP contribution in [0.3, 0.4) is 0 Å². The summed E-state index contributed by atoms with van der Waals surface area (Å²) in [6.07, 6.45) is 0. The van der Waals surface area contributed by atoms with E-state index in [9.17, 15) is 0 Å². The minimum absolute atomic E-state index is 0. The molecule has 0 heterocycles. The number of aryl methyl sites for hydroxylation is 1. The van der Waals surface area contributed by atoms with Crippen LogP contribution in [0.25, 0.3) is 0 Å². The zero-order chi connectivity index (χ0) is 16.2. The first kappa shape index (κ1) is 22.0. The molecular formula is C17H31IN4O. The number of halogens is 1. The average molecular weight is 434 g/mol. The summed E-state index contributed by atoms with van der Waals surface area (Å²) >= 11 is 0. The Kier molecular flexibility index (Phi) is 12.8. The van der Waals surface area contributed by atoms with Crippen LogP contribution in [0, 0.1) is 6.92 Å². The van der Waals surface area contributed by atoms with Gasteiger partial charge < -0.3 is 20.3 Å². The number of benzene rings is 1. The molecule has 1 rings (SSSR count). The molecular weight excluding hydrogens is 403 g/mol. The van der Waals surface area contributed by atoms with Crippen molar-refractivity contribution in [2.45, 2.75) is 20.8 Å². The van der Waals surface area contributed by atoms with E-state index in [-0.39, 0.29) is 24.0 Å². The number of aliphatic imine (C=N–C) groups is 1. The zero-order valence-electron chi connectivity index (χ0n) is 14.8. The van der Waals surface area contributed by atoms with Crippen LogP contribution < -0.4 is 15.4 Å². The predicted molar refractivity (Wildman–Crippen MR) is 109 cm³/mol. The number of ether oxygens (including phenoxy) is 1. The van der Waals surface area contributed by atoms with E-state index in [0.29, 0.717) is 6.61 Å². The summed E-state index contributed by atoms with van der Waals surface area (Å²) in [6.45, 7) is 11.3. The van der Waals surface area contributed by atoms with Gasteiger partial charge in [0, 0.05) is 13.1 Å². The summed E-state index contributed by atoms with van der Waals surface area (Å²) in [5.74, 6) is 1.75. The van der Waals surface area contributed by atoms with E-state index in [2.05, 4.69) is 60.5 Å². The van der Waals surface area contributed by atoms with Gasteiger partial charge >= 0.3 is 0 Å². The van der Waals surface area contributed by atoms with E-state index in [4.69, 9.17) is 4.74 Å². The Bertz CT molecular complexity index is 437. The zero-order valence-corrected chi connectivity index (χ0v) is 17.1. The van der Waals surface area contributed by atoms with Crippen LogP contribution in [0.2, 0.25) is 0 Å². The normalized spacial score (nSPS) is 11.1. The molecule has 0 radical (unpaired) electrons. The van der Waals surface area contributed by atoms with E-state index < -0.39 is 0 Å². The van der Waals surface area contributed by atoms with Crippen LogP contribution in [0.1, 0.15) is 19.4 Å². The number of rotatable bonds is 9. The van der Waals surface area contributed by atoms with Gasteiger partial charge in [-0.15, -0.1) is 24.0 Å².